The monoisotopic (exact) mass is 1850 g/mol. The molecule has 41 heteroatoms. The zero-order valence-electron chi connectivity index (χ0n) is 70.9. The summed E-state index contributed by atoms with van der Waals surface area (Å²) < 4.78 is 112. The van der Waals surface area contributed by atoms with E-state index in [-0.39, 0.29) is 100 Å². The number of carbonyl (C=O) groups excluding carboxylic acids is 8. The number of hydrogen-bond donors (Lipinski definition) is 6. The van der Waals surface area contributed by atoms with Gasteiger partial charge in [0.25, 0.3) is 11.8 Å². The molecule has 6 N–H and O–H groups in total. The molecule has 2 aliphatic heterocycles. The molecule has 2 heterocycles. The number of piperidine rings is 2. The van der Waals surface area contributed by atoms with E-state index in [1.54, 1.807) is 13.0 Å². The molecule has 0 saturated carbocycles. The Balaban J connectivity index is 0.000000342. The second-order valence-corrected chi connectivity index (χ2v) is 37.8. The predicted octanol–water partition coefficient (Wildman–Crippen LogP) is 12.3. The Bertz CT molecular complexity index is 4960. The molecule has 6 aromatic carbocycles. The van der Waals surface area contributed by atoms with Crippen LogP contribution in [-0.2, 0) is 91.3 Å². The van der Waals surface area contributed by atoms with Crippen molar-refractivity contribution in [3.05, 3.63) is 153 Å². The SMILES string of the molecule is CC(=O)C(N=Nc1ccc(S(=O)(=O)NCCCN2CCCCC2)cc1)C(=O)Cc1cc(C)c(NC(=O)C(N=Nc2ccc(S(=O)(=O)NCCCN3CCCCC3)cc2)C(C)=O)cc1Cl.CCN(CC)CCNS(=O)(=O)c1ccc(N=NC(C(C)=O)C(=O)Cc2cc(Cl)c(NC(=O)C(N=Nc3ccc(S(=O)(=O)NCCN(CC)CC)cc3)C(C)=O)cc2Cl)cc1. The van der Waals surface area contributed by atoms with Crippen LogP contribution in [0.3, 0.4) is 0 Å². The lowest BCUT2D eigenvalue weighted by Gasteiger charge is -2.26. The van der Waals surface area contributed by atoms with E-state index in [9.17, 15) is 72.0 Å². The highest BCUT2D eigenvalue weighted by molar-refractivity contribution is 7.90. The second kappa shape index (κ2) is 49.8. The largest absolute Gasteiger partial charge is 0.323 e. The van der Waals surface area contributed by atoms with Crippen molar-refractivity contribution in [1.29, 1.82) is 0 Å². The lowest BCUT2D eigenvalue weighted by atomic mass is 9.99. The first-order chi connectivity index (χ1) is 58.9. The Morgan fingerprint density at radius 3 is 0.968 bits per heavy atom. The molecule has 2 saturated heterocycles. The van der Waals surface area contributed by atoms with Gasteiger partial charge in [-0.15, -0.1) is 0 Å². The predicted molar refractivity (Wildman–Crippen MR) is 475 cm³/mol. The van der Waals surface area contributed by atoms with Crippen molar-refractivity contribution in [1.82, 2.24) is 38.5 Å². The molecule has 6 aromatic rings. The number of ketones is 6. The summed E-state index contributed by atoms with van der Waals surface area (Å²) in [4.78, 5) is 112. The van der Waals surface area contributed by atoms with Gasteiger partial charge in [0.15, 0.2) is 46.8 Å². The number of amides is 2. The Morgan fingerprint density at radius 1 is 0.379 bits per heavy atom. The number of halogens is 3. The maximum atomic E-state index is 13.3. The number of likely N-dealkylation sites (N-methyl/N-ethyl adjacent to an activating group) is 2. The first-order valence-electron chi connectivity index (χ1n) is 40.7. The summed E-state index contributed by atoms with van der Waals surface area (Å²) in [6.45, 7) is 25.5. The third kappa shape index (κ3) is 32.5. The standard InChI is InChI=1S/C44H58ClN9O8S2.C39H51Cl2N9O8S2/c1-31-28-34(29-41(57)42(32(2)55)51-49-35-12-16-37(17-13-35)63(59,60)46-20-10-26-53-22-6-4-7-23-53)39(45)30-40(31)48-44(58)43(33(3)56)52-50-36-14-18-38(19-15-36)64(61,62)47-21-11-27-54-24-8-5-9-25-54;1-7-49(8-2)21-19-42-59(55,56)31-15-11-29(12-16-31)45-47-37(26(5)51)36(53)24-28-23-34(41)35(25-33(28)40)44-39(54)38(27(6)52)48-46-30-13-17-32(18-14-30)60(57,58)43-20-22-50(9-3)10-4/h12-19,28,30,42-43,46-47H,4-11,20-27,29H2,1-3H3,(H,48,58);11-18,23,25,37-38,42-43H,7-10,19-22,24H2,1-6H3,(H,44,54). The van der Waals surface area contributed by atoms with Crippen molar-refractivity contribution in [2.24, 2.45) is 40.9 Å². The lowest BCUT2D eigenvalue weighted by Crippen LogP contribution is -2.34. The van der Waals surface area contributed by atoms with Gasteiger partial charge < -0.3 is 30.2 Å². The summed E-state index contributed by atoms with van der Waals surface area (Å²) in [5.41, 5.74) is 2.15. The highest BCUT2D eigenvalue weighted by Gasteiger charge is 2.31. The molecule has 0 aromatic heterocycles. The van der Waals surface area contributed by atoms with E-state index in [2.05, 4.69) is 90.0 Å². The minimum absolute atomic E-state index is 0.000253. The minimum Gasteiger partial charge on any atom is -0.323 e. The fraction of sp³-hybridized carbons (Fsp3) is 0.470. The van der Waals surface area contributed by atoms with Crippen LogP contribution in [-0.4, -0.2) is 229 Å². The normalized spacial score (nSPS) is 15.0. The molecule has 34 nitrogen and oxygen atoms in total. The number of azo groups is 4. The number of aryl methyl sites for hydroxylation is 1. The first kappa shape index (κ1) is 102. The van der Waals surface area contributed by atoms with E-state index in [4.69, 9.17) is 34.8 Å². The zero-order chi connectivity index (χ0) is 90.9. The molecular formula is C83H109Cl3N18O16S4. The van der Waals surface area contributed by atoms with Crippen molar-refractivity contribution in [3.63, 3.8) is 0 Å². The van der Waals surface area contributed by atoms with E-state index in [1.807, 2.05) is 27.7 Å². The second-order valence-electron chi connectivity index (χ2n) is 29.5. The van der Waals surface area contributed by atoms with Crippen molar-refractivity contribution in [2.45, 2.75) is 170 Å². The number of benzene rings is 6. The van der Waals surface area contributed by atoms with Gasteiger partial charge >= 0.3 is 0 Å². The Kier molecular flexibility index (Phi) is 41.0. The van der Waals surface area contributed by atoms with Crippen LogP contribution in [0.5, 0.6) is 0 Å². The molecule has 672 valence electrons. The maximum Gasteiger partial charge on any atom is 0.258 e. The van der Waals surface area contributed by atoms with Crippen molar-refractivity contribution in [2.75, 3.05) is 115 Å². The van der Waals surface area contributed by atoms with Gasteiger partial charge in [-0.25, -0.2) is 52.6 Å². The van der Waals surface area contributed by atoms with Crippen molar-refractivity contribution in [3.8, 4) is 0 Å². The number of likely N-dealkylation sites (tertiary alicyclic amines) is 2. The highest BCUT2D eigenvalue weighted by Crippen LogP contribution is 2.33. The third-order valence-electron chi connectivity index (χ3n) is 20.2. The summed E-state index contributed by atoms with van der Waals surface area (Å²) in [5.74, 6) is -5.35. The van der Waals surface area contributed by atoms with E-state index in [0.29, 0.717) is 50.1 Å². The van der Waals surface area contributed by atoms with Crippen LogP contribution in [0.4, 0.5) is 34.1 Å². The fourth-order valence-electron chi connectivity index (χ4n) is 12.9. The molecule has 8 rings (SSSR count). The summed E-state index contributed by atoms with van der Waals surface area (Å²) >= 11 is 19.5. The molecule has 2 amide bonds. The molecule has 124 heavy (non-hydrogen) atoms. The topological polar surface area (TPSA) is 457 Å². The van der Waals surface area contributed by atoms with Crippen LogP contribution in [0, 0.1) is 6.92 Å². The van der Waals surface area contributed by atoms with Crippen LogP contribution in [0.1, 0.15) is 123 Å². The Hall–Kier alpha value is -8.97. The van der Waals surface area contributed by atoms with E-state index >= 15 is 0 Å². The average Bonchev–Trinajstić information content (AvgIpc) is 0.856. The van der Waals surface area contributed by atoms with Gasteiger partial charge in [-0.05, 0) is 271 Å². The number of Topliss-reactive ketones (excluding diaryl/α,β-unsaturated/α-hetero) is 6. The van der Waals surface area contributed by atoms with Gasteiger partial charge in [0.2, 0.25) is 52.2 Å². The number of carbonyl (C=O) groups is 8. The fourth-order valence-corrected chi connectivity index (χ4v) is 17.8. The van der Waals surface area contributed by atoms with Crippen LogP contribution in [0.15, 0.2) is 182 Å². The smallest absolute Gasteiger partial charge is 0.258 e. The molecule has 4 unspecified atom stereocenters. The van der Waals surface area contributed by atoms with Gasteiger partial charge in [-0.1, -0.05) is 81.4 Å². The maximum absolute atomic E-state index is 13.3. The minimum atomic E-state index is -3.78. The van der Waals surface area contributed by atoms with E-state index < -0.39 is 111 Å². The van der Waals surface area contributed by atoms with Crippen LogP contribution >= 0.6 is 34.8 Å². The summed E-state index contributed by atoms with van der Waals surface area (Å²) in [6, 6.07) is 21.5. The van der Waals surface area contributed by atoms with Crippen LogP contribution in [0.25, 0.3) is 0 Å². The number of hydrogen-bond acceptors (Lipinski definition) is 28. The summed E-state index contributed by atoms with van der Waals surface area (Å²) in [5, 5.41) is 36.9. The average molecular weight is 1850 g/mol. The number of nitrogens with one attached hydrogen (secondary N) is 6. The Labute approximate surface area is 740 Å². The highest BCUT2D eigenvalue weighted by atomic mass is 35.5. The third-order valence-corrected chi connectivity index (χ3v) is 27.1. The quantitative estimate of drug-likeness (QED) is 0.0117. The number of anilines is 2. The van der Waals surface area contributed by atoms with Gasteiger partial charge in [-0.2, -0.15) is 40.9 Å². The van der Waals surface area contributed by atoms with E-state index in [1.165, 1.54) is 175 Å². The molecule has 0 aliphatic carbocycles. The van der Waals surface area contributed by atoms with E-state index in [0.717, 1.165) is 72.4 Å². The van der Waals surface area contributed by atoms with Gasteiger partial charge in [-0.3, -0.25) is 38.4 Å². The van der Waals surface area contributed by atoms with Crippen molar-refractivity contribution < 1.29 is 72.0 Å². The number of nitrogens with zero attached hydrogens (tertiary/aromatic N) is 12. The van der Waals surface area contributed by atoms with Gasteiger partial charge in [0.05, 0.1) is 53.0 Å². The molecule has 0 radical (unpaired) electrons. The van der Waals surface area contributed by atoms with Crippen LogP contribution < -0.4 is 29.5 Å². The van der Waals surface area contributed by atoms with Gasteiger partial charge in [0, 0.05) is 67.8 Å². The summed E-state index contributed by atoms with van der Waals surface area (Å²) in [7, 11) is -15.1. The van der Waals surface area contributed by atoms with Gasteiger partial charge in [0.1, 0.15) is 0 Å². The molecule has 0 spiro atoms. The molecule has 2 fully saturated rings. The number of sulfonamides is 4. The molecule has 4 atom stereocenters. The molecule has 2 aliphatic rings. The summed E-state index contributed by atoms with van der Waals surface area (Å²) in [6.07, 6.45) is 7.84. The number of rotatable bonds is 48. The molecular weight excluding hydrogens is 1740 g/mol. The zero-order valence-corrected chi connectivity index (χ0v) is 76.4. The van der Waals surface area contributed by atoms with Crippen molar-refractivity contribution >= 4 is 156 Å². The lowest BCUT2D eigenvalue weighted by molar-refractivity contribution is -0.129. The van der Waals surface area contributed by atoms with Crippen LogP contribution in [0.2, 0.25) is 15.1 Å². The first-order valence-corrected chi connectivity index (χ1v) is 47.8. The molecule has 0 bridgehead atoms. The Morgan fingerprint density at radius 2 is 0.661 bits per heavy atom.